The minimum absolute atomic E-state index is 0.227. The summed E-state index contributed by atoms with van der Waals surface area (Å²) in [6.07, 6.45) is 1.64. The molecule has 0 aliphatic rings. The summed E-state index contributed by atoms with van der Waals surface area (Å²) in [4.78, 5) is 0. The van der Waals surface area contributed by atoms with Crippen molar-refractivity contribution < 1.29 is 5.11 Å². The number of hydrogen-bond donors (Lipinski definition) is 2. The normalized spacial score (nSPS) is 11.2. The summed E-state index contributed by atoms with van der Waals surface area (Å²) in [7, 11) is 0. The molecule has 7 nitrogen and oxygen atoms in total. The Hall–Kier alpha value is -2.96. The van der Waals surface area contributed by atoms with Crippen LogP contribution in [0.15, 0.2) is 41.5 Å². The number of phenols is 1. The first kappa shape index (κ1) is 12.1. The van der Waals surface area contributed by atoms with E-state index in [1.54, 1.807) is 41.1 Å². The third kappa shape index (κ3) is 2.41. The Bertz CT molecular complexity index is 762. The van der Waals surface area contributed by atoms with Crippen molar-refractivity contribution in [2.24, 2.45) is 5.10 Å². The van der Waals surface area contributed by atoms with Crippen molar-refractivity contribution in [3.8, 4) is 5.75 Å². The molecule has 0 atom stereocenters. The van der Waals surface area contributed by atoms with E-state index in [0.29, 0.717) is 17.3 Å². The average molecular weight is 268 g/mol. The highest BCUT2D eigenvalue weighted by molar-refractivity contribution is 5.80. The van der Waals surface area contributed by atoms with Gasteiger partial charge in [-0.15, -0.1) is 15.3 Å². The molecule has 3 rings (SSSR count). The van der Waals surface area contributed by atoms with Crippen LogP contribution >= 0.6 is 0 Å². The maximum Gasteiger partial charge on any atom is 0.178 e. The predicted molar refractivity (Wildman–Crippen MR) is 74.8 cm³/mol. The van der Waals surface area contributed by atoms with E-state index in [1.807, 2.05) is 13.0 Å². The number of aryl methyl sites for hydroxylation is 1. The molecule has 0 spiro atoms. The Morgan fingerprint density at radius 3 is 2.75 bits per heavy atom. The zero-order valence-corrected chi connectivity index (χ0v) is 10.7. The lowest BCUT2D eigenvalue weighted by Gasteiger charge is -2.00. The monoisotopic (exact) mass is 268 g/mol. The lowest BCUT2D eigenvalue weighted by atomic mass is 10.2. The summed E-state index contributed by atoms with van der Waals surface area (Å²) in [6, 6.07) is 10.3. The lowest BCUT2D eigenvalue weighted by molar-refractivity contribution is 0.475. The van der Waals surface area contributed by atoms with Gasteiger partial charge >= 0.3 is 0 Å². The molecule has 0 fully saturated rings. The van der Waals surface area contributed by atoms with Gasteiger partial charge < -0.3 is 5.11 Å². The number of nitrogens with zero attached hydrogens (tertiary/aromatic N) is 5. The fourth-order valence-corrected chi connectivity index (χ4v) is 1.69. The highest BCUT2D eigenvalue weighted by atomic mass is 16.3. The van der Waals surface area contributed by atoms with Crippen molar-refractivity contribution in [2.75, 3.05) is 5.43 Å². The second-order valence-electron chi connectivity index (χ2n) is 4.20. The molecule has 0 saturated carbocycles. The Morgan fingerprint density at radius 1 is 1.15 bits per heavy atom. The molecule has 2 heterocycles. The molecule has 0 amide bonds. The fourth-order valence-electron chi connectivity index (χ4n) is 1.69. The third-order valence-corrected chi connectivity index (χ3v) is 2.70. The minimum atomic E-state index is 0.227. The van der Waals surface area contributed by atoms with Crippen molar-refractivity contribution in [3.05, 3.63) is 47.8 Å². The van der Waals surface area contributed by atoms with Crippen molar-refractivity contribution in [1.82, 2.24) is 19.8 Å². The number of rotatable bonds is 3. The number of anilines is 1. The van der Waals surface area contributed by atoms with Gasteiger partial charge in [-0.1, -0.05) is 0 Å². The second kappa shape index (κ2) is 4.96. The number of hydrazone groups is 1. The van der Waals surface area contributed by atoms with Crippen LogP contribution in [0.1, 0.15) is 11.4 Å². The number of nitrogens with one attached hydrogen (secondary N) is 1. The standard InChI is InChI=1S/C13H12N6O/c1-9-15-17-13-7-6-12(18-19(9)13)16-14-8-10-2-4-11(20)5-3-10/h2-8,20H,1H3,(H,16,18)/b14-8+. The maximum absolute atomic E-state index is 9.18. The molecule has 2 aromatic heterocycles. The summed E-state index contributed by atoms with van der Waals surface area (Å²) in [5, 5.41) is 25.5. The van der Waals surface area contributed by atoms with Crippen LogP contribution < -0.4 is 5.43 Å². The van der Waals surface area contributed by atoms with Crippen LogP contribution in [-0.2, 0) is 0 Å². The van der Waals surface area contributed by atoms with Gasteiger partial charge in [-0.3, -0.25) is 5.43 Å². The van der Waals surface area contributed by atoms with Gasteiger partial charge in [-0.2, -0.15) is 9.62 Å². The van der Waals surface area contributed by atoms with Crippen molar-refractivity contribution in [3.63, 3.8) is 0 Å². The molecule has 0 aliphatic heterocycles. The molecule has 0 aliphatic carbocycles. The molecule has 0 bridgehead atoms. The zero-order valence-electron chi connectivity index (χ0n) is 10.7. The minimum Gasteiger partial charge on any atom is -0.508 e. The molecular formula is C13H12N6O. The molecule has 3 aromatic rings. The molecule has 20 heavy (non-hydrogen) atoms. The topological polar surface area (TPSA) is 87.7 Å². The maximum atomic E-state index is 9.18. The van der Waals surface area contributed by atoms with Gasteiger partial charge in [0.1, 0.15) is 5.75 Å². The molecule has 0 unspecified atom stereocenters. The average Bonchev–Trinajstić information content (AvgIpc) is 2.83. The molecular weight excluding hydrogens is 256 g/mol. The Morgan fingerprint density at radius 2 is 1.95 bits per heavy atom. The Balaban J connectivity index is 1.76. The van der Waals surface area contributed by atoms with Gasteiger partial charge in [-0.05, 0) is 48.9 Å². The largest absolute Gasteiger partial charge is 0.508 e. The van der Waals surface area contributed by atoms with Gasteiger partial charge in [0.25, 0.3) is 0 Å². The number of aromatic nitrogens is 4. The summed E-state index contributed by atoms with van der Waals surface area (Å²) in [5.41, 5.74) is 4.40. The first-order valence-corrected chi connectivity index (χ1v) is 5.99. The van der Waals surface area contributed by atoms with E-state index in [2.05, 4.69) is 25.8 Å². The van der Waals surface area contributed by atoms with E-state index < -0.39 is 0 Å². The van der Waals surface area contributed by atoms with E-state index >= 15 is 0 Å². The smallest absolute Gasteiger partial charge is 0.178 e. The van der Waals surface area contributed by atoms with Crippen LogP contribution in [0.4, 0.5) is 5.82 Å². The molecule has 0 saturated heterocycles. The summed E-state index contributed by atoms with van der Waals surface area (Å²) in [5.74, 6) is 1.53. The zero-order chi connectivity index (χ0) is 13.9. The third-order valence-electron chi connectivity index (χ3n) is 2.70. The van der Waals surface area contributed by atoms with Crippen LogP contribution in [-0.4, -0.2) is 31.1 Å². The van der Waals surface area contributed by atoms with Crippen LogP contribution in [0.5, 0.6) is 5.75 Å². The quantitative estimate of drug-likeness (QED) is 0.556. The SMILES string of the molecule is Cc1nnc2ccc(N/N=C/c3ccc(O)cc3)nn12. The van der Waals surface area contributed by atoms with Crippen LogP contribution in [0, 0.1) is 6.92 Å². The molecule has 7 heteroatoms. The Labute approximate surface area is 114 Å². The van der Waals surface area contributed by atoms with E-state index in [0.717, 1.165) is 5.56 Å². The first-order chi connectivity index (χ1) is 9.72. The van der Waals surface area contributed by atoms with Gasteiger partial charge in [0.05, 0.1) is 6.21 Å². The predicted octanol–water partition coefficient (Wildman–Crippen LogP) is 1.58. The summed E-state index contributed by atoms with van der Waals surface area (Å²) in [6.45, 7) is 1.83. The number of fused-ring (bicyclic) bond motifs is 1. The van der Waals surface area contributed by atoms with Crippen molar-refractivity contribution in [2.45, 2.75) is 6.92 Å². The van der Waals surface area contributed by atoms with Crippen molar-refractivity contribution in [1.29, 1.82) is 0 Å². The van der Waals surface area contributed by atoms with Gasteiger partial charge in [0.2, 0.25) is 0 Å². The van der Waals surface area contributed by atoms with Gasteiger partial charge in [0, 0.05) is 0 Å². The van der Waals surface area contributed by atoms with E-state index in [4.69, 9.17) is 0 Å². The van der Waals surface area contributed by atoms with Crippen LogP contribution in [0.3, 0.4) is 0 Å². The number of benzene rings is 1. The van der Waals surface area contributed by atoms with E-state index in [-0.39, 0.29) is 5.75 Å². The van der Waals surface area contributed by atoms with Crippen molar-refractivity contribution >= 4 is 17.7 Å². The lowest BCUT2D eigenvalue weighted by Crippen LogP contribution is -2.00. The van der Waals surface area contributed by atoms with Crippen LogP contribution in [0.25, 0.3) is 5.65 Å². The molecule has 100 valence electrons. The summed E-state index contributed by atoms with van der Waals surface area (Å²) < 4.78 is 1.64. The number of hydrogen-bond acceptors (Lipinski definition) is 6. The van der Waals surface area contributed by atoms with Gasteiger partial charge in [-0.25, -0.2) is 0 Å². The first-order valence-electron chi connectivity index (χ1n) is 5.99. The highest BCUT2D eigenvalue weighted by Crippen LogP contribution is 2.09. The second-order valence-corrected chi connectivity index (χ2v) is 4.20. The summed E-state index contributed by atoms with van der Waals surface area (Å²) >= 11 is 0. The Kier molecular flexibility index (Phi) is 3.00. The van der Waals surface area contributed by atoms with E-state index in [9.17, 15) is 5.11 Å². The number of phenolic OH excluding ortho intramolecular Hbond substituents is 1. The van der Waals surface area contributed by atoms with Gasteiger partial charge in [0.15, 0.2) is 17.3 Å². The highest BCUT2D eigenvalue weighted by Gasteiger charge is 2.02. The molecule has 1 aromatic carbocycles. The van der Waals surface area contributed by atoms with E-state index in [1.165, 1.54) is 0 Å². The molecule has 0 radical (unpaired) electrons. The fraction of sp³-hybridized carbons (Fsp3) is 0.0769. The van der Waals surface area contributed by atoms with Crippen LogP contribution in [0.2, 0.25) is 0 Å². The molecule has 2 N–H and O–H groups in total. The number of aromatic hydroxyl groups is 1.